The highest BCUT2D eigenvalue weighted by atomic mass is 32.2. The molecule has 0 aliphatic carbocycles. The minimum absolute atomic E-state index is 0.0777. The van der Waals surface area contributed by atoms with Crippen molar-refractivity contribution < 1.29 is 22.7 Å². The number of rotatable bonds is 7. The average Bonchev–Trinajstić information content (AvgIpc) is 2.74. The van der Waals surface area contributed by atoms with Crippen LogP contribution in [0.5, 0.6) is 17.4 Å². The van der Waals surface area contributed by atoms with E-state index in [4.69, 9.17) is 9.47 Å². The van der Waals surface area contributed by atoms with Gasteiger partial charge in [-0.05, 0) is 81.4 Å². The number of ether oxygens (including phenoxy) is 2. The molecule has 32 heavy (non-hydrogen) atoms. The first-order valence-corrected chi connectivity index (χ1v) is 11.3. The SMILES string of the molecule is COc1ccc(Oc2ncccc2NC(=O)c2ccc(S(=O)(=O)NC(C)(C)C)cc2)cc1. The lowest BCUT2D eigenvalue weighted by atomic mass is 10.1. The van der Waals surface area contributed by atoms with E-state index in [0.717, 1.165) is 0 Å². The first kappa shape index (κ1) is 23.2. The molecule has 168 valence electrons. The highest BCUT2D eigenvalue weighted by Gasteiger charge is 2.22. The second-order valence-electron chi connectivity index (χ2n) is 7.97. The molecule has 0 saturated heterocycles. The van der Waals surface area contributed by atoms with Gasteiger partial charge in [0.25, 0.3) is 5.91 Å². The fourth-order valence-electron chi connectivity index (χ4n) is 2.76. The molecular formula is C23H25N3O5S. The van der Waals surface area contributed by atoms with Crippen molar-refractivity contribution in [1.82, 2.24) is 9.71 Å². The summed E-state index contributed by atoms with van der Waals surface area (Å²) in [6, 6.07) is 16.0. The summed E-state index contributed by atoms with van der Waals surface area (Å²) in [6.45, 7) is 5.27. The summed E-state index contributed by atoms with van der Waals surface area (Å²) in [5, 5.41) is 2.75. The van der Waals surface area contributed by atoms with Gasteiger partial charge in [0, 0.05) is 17.3 Å². The minimum Gasteiger partial charge on any atom is -0.497 e. The number of sulfonamides is 1. The number of hydrogen-bond donors (Lipinski definition) is 2. The van der Waals surface area contributed by atoms with Crippen molar-refractivity contribution in [2.75, 3.05) is 12.4 Å². The molecule has 0 unspecified atom stereocenters. The van der Waals surface area contributed by atoms with Crippen LogP contribution in [-0.2, 0) is 10.0 Å². The lowest BCUT2D eigenvalue weighted by Crippen LogP contribution is -2.40. The van der Waals surface area contributed by atoms with Crippen LogP contribution < -0.4 is 19.5 Å². The Morgan fingerprint density at radius 1 is 0.938 bits per heavy atom. The van der Waals surface area contributed by atoms with Gasteiger partial charge >= 0.3 is 0 Å². The molecule has 0 saturated carbocycles. The summed E-state index contributed by atoms with van der Waals surface area (Å²) in [5.41, 5.74) is 0.0496. The van der Waals surface area contributed by atoms with Gasteiger partial charge in [0.15, 0.2) is 0 Å². The van der Waals surface area contributed by atoms with E-state index < -0.39 is 21.5 Å². The zero-order chi connectivity index (χ0) is 23.4. The third-order valence-electron chi connectivity index (χ3n) is 4.16. The second-order valence-corrected chi connectivity index (χ2v) is 9.65. The van der Waals surface area contributed by atoms with Gasteiger partial charge in [0.1, 0.15) is 17.2 Å². The van der Waals surface area contributed by atoms with Crippen molar-refractivity contribution in [1.29, 1.82) is 0 Å². The molecule has 0 bridgehead atoms. The maximum absolute atomic E-state index is 12.7. The fraction of sp³-hybridized carbons (Fsp3) is 0.217. The van der Waals surface area contributed by atoms with Crippen molar-refractivity contribution in [2.24, 2.45) is 0 Å². The van der Waals surface area contributed by atoms with Crippen LogP contribution in [0.4, 0.5) is 5.69 Å². The number of anilines is 1. The van der Waals surface area contributed by atoms with E-state index in [0.29, 0.717) is 22.7 Å². The van der Waals surface area contributed by atoms with Crippen LogP contribution in [0.1, 0.15) is 31.1 Å². The number of benzene rings is 2. The predicted octanol–water partition coefficient (Wildman–Crippen LogP) is 4.21. The van der Waals surface area contributed by atoms with Crippen LogP contribution >= 0.6 is 0 Å². The smallest absolute Gasteiger partial charge is 0.255 e. The van der Waals surface area contributed by atoms with Gasteiger partial charge in [0.2, 0.25) is 15.9 Å². The molecule has 0 aliphatic rings. The predicted molar refractivity (Wildman–Crippen MR) is 122 cm³/mol. The molecule has 3 rings (SSSR count). The lowest BCUT2D eigenvalue weighted by Gasteiger charge is -2.20. The van der Waals surface area contributed by atoms with Crippen LogP contribution in [-0.4, -0.2) is 32.0 Å². The van der Waals surface area contributed by atoms with Crippen molar-refractivity contribution in [3.63, 3.8) is 0 Å². The molecule has 1 amide bonds. The summed E-state index contributed by atoms with van der Waals surface area (Å²) in [5.74, 6) is 1.01. The quantitative estimate of drug-likeness (QED) is 0.553. The number of carbonyl (C=O) groups excluding carboxylic acids is 1. The van der Waals surface area contributed by atoms with E-state index >= 15 is 0 Å². The fourth-order valence-corrected chi connectivity index (χ4v) is 4.18. The Kier molecular flexibility index (Phi) is 6.81. The third-order valence-corrected chi connectivity index (χ3v) is 5.93. The molecule has 0 radical (unpaired) electrons. The standard InChI is InChI=1S/C23H25N3O5S/c1-23(2,3)26-32(28,29)19-13-7-16(8-14-19)21(27)25-20-6-5-15-24-22(20)31-18-11-9-17(30-4)10-12-18/h5-15,26H,1-4H3,(H,25,27). The number of hydrogen-bond acceptors (Lipinski definition) is 6. The maximum Gasteiger partial charge on any atom is 0.255 e. The van der Waals surface area contributed by atoms with E-state index in [-0.39, 0.29) is 10.8 Å². The van der Waals surface area contributed by atoms with Crippen molar-refractivity contribution in [2.45, 2.75) is 31.2 Å². The summed E-state index contributed by atoms with van der Waals surface area (Å²) in [6.07, 6.45) is 1.55. The molecule has 8 nitrogen and oxygen atoms in total. The largest absolute Gasteiger partial charge is 0.497 e. The molecule has 0 spiro atoms. The molecule has 1 aromatic heterocycles. The normalized spacial score (nSPS) is 11.6. The zero-order valence-electron chi connectivity index (χ0n) is 18.2. The number of amides is 1. The van der Waals surface area contributed by atoms with E-state index in [2.05, 4.69) is 15.0 Å². The molecular weight excluding hydrogens is 430 g/mol. The van der Waals surface area contributed by atoms with Gasteiger partial charge in [-0.2, -0.15) is 0 Å². The Balaban J connectivity index is 1.75. The number of pyridine rings is 1. The zero-order valence-corrected chi connectivity index (χ0v) is 19.1. The highest BCUT2D eigenvalue weighted by Crippen LogP contribution is 2.28. The Labute approximate surface area is 187 Å². The first-order valence-electron chi connectivity index (χ1n) is 9.80. The molecule has 9 heteroatoms. The van der Waals surface area contributed by atoms with E-state index in [1.165, 1.54) is 24.3 Å². The number of nitrogens with one attached hydrogen (secondary N) is 2. The maximum atomic E-state index is 12.7. The topological polar surface area (TPSA) is 107 Å². The summed E-state index contributed by atoms with van der Waals surface area (Å²) in [4.78, 5) is 17.0. The van der Waals surface area contributed by atoms with Crippen molar-refractivity contribution >= 4 is 21.6 Å². The highest BCUT2D eigenvalue weighted by molar-refractivity contribution is 7.89. The van der Waals surface area contributed by atoms with Gasteiger partial charge in [-0.15, -0.1) is 0 Å². The van der Waals surface area contributed by atoms with Crippen molar-refractivity contribution in [3.05, 3.63) is 72.4 Å². The lowest BCUT2D eigenvalue weighted by molar-refractivity contribution is 0.102. The number of methoxy groups -OCH3 is 1. The van der Waals surface area contributed by atoms with Gasteiger partial charge < -0.3 is 14.8 Å². The first-order chi connectivity index (χ1) is 15.1. The van der Waals surface area contributed by atoms with Crippen LogP contribution in [0.25, 0.3) is 0 Å². The summed E-state index contributed by atoms with van der Waals surface area (Å²) >= 11 is 0. The Morgan fingerprint density at radius 2 is 1.56 bits per heavy atom. The monoisotopic (exact) mass is 455 g/mol. The Morgan fingerprint density at radius 3 is 2.16 bits per heavy atom. The average molecular weight is 456 g/mol. The van der Waals surface area contributed by atoms with Gasteiger partial charge in [-0.25, -0.2) is 18.1 Å². The van der Waals surface area contributed by atoms with E-state index in [1.54, 1.807) is 70.5 Å². The van der Waals surface area contributed by atoms with Crippen molar-refractivity contribution in [3.8, 4) is 17.4 Å². The van der Waals surface area contributed by atoms with E-state index in [1.807, 2.05) is 0 Å². The molecule has 0 atom stereocenters. The number of nitrogens with zero attached hydrogens (tertiary/aromatic N) is 1. The molecule has 0 fully saturated rings. The third kappa shape index (κ3) is 6.05. The van der Waals surface area contributed by atoms with Gasteiger partial charge in [-0.3, -0.25) is 4.79 Å². The molecule has 2 N–H and O–H groups in total. The summed E-state index contributed by atoms with van der Waals surface area (Å²) in [7, 11) is -2.11. The summed E-state index contributed by atoms with van der Waals surface area (Å²) < 4.78 is 38.4. The minimum atomic E-state index is -3.69. The molecule has 2 aromatic carbocycles. The molecule has 0 aliphatic heterocycles. The van der Waals surface area contributed by atoms with Crippen LogP contribution in [0.15, 0.2) is 71.8 Å². The molecule has 1 heterocycles. The van der Waals surface area contributed by atoms with Gasteiger partial charge in [-0.1, -0.05) is 0 Å². The van der Waals surface area contributed by atoms with Crippen LogP contribution in [0, 0.1) is 0 Å². The van der Waals surface area contributed by atoms with Crippen LogP contribution in [0.3, 0.4) is 0 Å². The second kappa shape index (κ2) is 9.37. The molecule has 3 aromatic rings. The Bertz CT molecular complexity index is 1190. The van der Waals surface area contributed by atoms with Crippen LogP contribution in [0.2, 0.25) is 0 Å². The Hall–Kier alpha value is -3.43. The van der Waals surface area contributed by atoms with Gasteiger partial charge in [0.05, 0.1) is 12.0 Å². The number of aromatic nitrogens is 1. The van der Waals surface area contributed by atoms with E-state index in [9.17, 15) is 13.2 Å². The number of carbonyl (C=O) groups is 1.